The number of nitro groups is 1. The third kappa shape index (κ3) is 3.32. The Kier molecular flexibility index (Phi) is 4.82. The van der Waals surface area contributed by atoms with Crippen molar-refractivity contribution in [2.45, 2.75) is 9.92 Å². The summed E-state index contributed by atoms with van der Waals surface area (Å²) in [5, 5.41) is 11.0. The SMILES string of the molecule is CN(C)c1oc(-c2ccccc2[N+](=O)[O-])nc1S(=O)(=O)c1ccc2c(c1)OCCO2. The first kappa shape index (κ1) is 19.7. The Bertz CT molecular complexity index is 1230. The second kappa shape index (κ2) is 7.34. The zero-order valence-electron chi connectivity index (χ0n) is 16.1. The van der Waals surface area contributed by atoms with Crippen LogP contribution in [0.1, 0.15) is 0 Å². The fourth-order valence-corrected chi connectivity index (χ4v) is 4.38. The normalized spacial score (nSPS) is 13.1. The number of ether oxygens (including phenoxy) is 2. The van der Waals surface area contributed by atoms with Gasteiger partial charge in [-0.25, -0.2) is 8.42 Å². The van der Waals surface area contributed by atoms with Crippen LogP contribution < -0.4 is 14.4 Å². The Morgan fingerprint density at radius 2 is 1.77 bits per heavy atom. The fraction of sp³-hybridized carbons (Fsp3) is 0.211. The lowest BCUT2D eigenvalue weighted by Gasteiger charge is -2.18. The van der Waals surface area contributed by atoms with Crippen molar-refractivity contribution in [3.63, 3.8) is 0 Å². The largest absolute Gasteiger partial charge is 0.486 e. The van der Waals surface area contributed by atoms with Gasteiger partial charge in [0.05, 0.1) is 9.82 Å². The number of rotatable bonds is 5. The van der Waals surface area contributed by atoms with Gasteiger partial charge in [-0.05, 0) is 18.2 Å². The van der Waals surface area contributed by atoms with Gasteiger partial charge in [-0.2, -0.15) is 4.98 Å². The van der Waals surface area contributed by atoms with E-state index in [1.54, 1.807) is 20.2 Å². The number of sulfone groups is 1. The van der Waals surface area contributed by atoms with E-state index >= 15 is 0 Å². The third-order valence-electron chi connectivity index (χ3n) is 4.40. The monoisotopic (exact) mass is 431 g/mol. The minimum Gasteiger partial charge on any atom is -0.486 e. The molecule has 0 atom stereocenters. The van der Waals surface area contributed by atoms with E-state index in [-0.39, 0.29) is 32.9 Å². The van der Waals surface area contributed by atoms with Crippen LogP contribution in [0.25, 0.3) is 11.5 Å². The lowest BCUT2D eigenvalue weighted by molar-refractivity contribution is -0.384. The van der Waals surface area contributed by atoms with Crippen LogP contribution in [0.5, 0.6) is 11.5 Å². The van der Waals surface area contributed by atoms with Gasteiger partial charge in [0.15, 0.2) is 11.5 Å². The molecule has 2 aromatic carbocycles. The summed E-state index contributed by atoms with van der Waals surface area (Å²) >= 11 is 0. The molecule has 0 amide bonds. The molecule has 0 bridgehead atoms. The zero-order valence-corrected chi connectivity index (χ0v) is 16.9. The van der Waals surface area contributed by atoms with Gasteiger partial charge in [0.2, 0.25) is 26.6 Å². The van der Waals surface area contributed by atoms with E-state index in [2.05, 4.69) is 4.98 Å². The predicted octanol–water partition coefficient (Wildman–Crippen LogP) is 2.92. The van der Waals surface area contributed by atoms with E-state index in [9.17, 15) is 18.5 Å². The molecule has 0 fully saturated rings. The van der Waals surface area contributed by atoms with Crippen LogP contribution in [0.15, 0.2) is 56.8 Å². The molecule has 3 aromatic rings. The number of hydrogen-bond acceptors (Lipinski definition) is 9. The van der Waals surface area contributed by atoms with Crippen molar-refractivity contribution in [3.8, 4) is 23.0 Å². The van der Waals surface area contributed by atoms with E-state index in [0.29, 0.717) is 24.7 Å². The number of anilines is 1. The Morgan fingerprint density at radius 1 is 1.07 bits per heavy atom. The molecule has 30 heavy (non-hydrogen) atoms. The Morgan fingerprint density at radius 3 is 2.47 bits per heavy atom. The lowest BCUT2D eigenvalue weighted by atomic mass is 10.2. The number of hydrogen-bond donors (Lipinski definition) is 0. The number of fused-ring (bicyclic) bond motifs is 1. The number of nitrogens with zero attached hydrogens (tertiary/aromatic N) is 3. The molecule has 0 aliphatic carbocycles. The fourth-order valence-electron chi connectivity index (χ4n) is 2.99. The quantitative estimate of drug-likeness (QED) is 0.443. The van der Waals surface area contributed by atoms with Gasteiger partial charge in [0.1, 0.15) is 18.8 Å². The van der Waals surface area contributed by atoms with Crippen molar-refractivity contribution in [2.24, 2.45) is 0 Å². The highest BCUT2D eigenvalue weighted by Gasteiger charge is 2.32. The second-order valence-corrected chi connectivity index (χ2v) is 8.47. The second-order valence-electron chi connectivity index (χ2n) is 6.61. The highest BCUT2D eigenvalue weighted by Crippen LogP contribution is 2.39. The molecule has 156 valence electrons. The standard InChI is InChI=1S/C19H17N3O7S/c1-21(2)19-18(20-17(29-19)13-5-3-4-6-14(13)22(23)24)30(25,26)12-7-8-15-16(11-12)28-10-9-27-15/h3-8,11H,9-10H2,1-2H3. The maximum absolute atomic E-state index is 13.3. The van der Waals surface area contributed by atoms with E-state index in [1.807, 2.05) is 0 Å². The smallest absolute Gasteiger partial charge is 0.282 e. The van der Waals surface area contributed by atoms with Gasteiger partial charge in [-0.3, -0.25) is 10.1 Å². The molecule has 1 aliphatic rings. The van der Waals surface area contributed by atoms with Crippen LogP contribution in [-0.4, -0.2) is 45.6 Å². The van der Waals surface area contributed by atoms with Crippen LogP contribution in [-0.2, 0) is 9.84 Å². The molecule has 0 saturated carbocycles. The van der Waals surface area contributed by atoms with Gasteiger partial charge >= 0.3 is 0 Å². The molecule has 0 radical (unpaired) electrons. The molecule has 1 aliphatic heterocycles. The van der Waals surface area contributed by atoms with E-state index in [1.165, 1.54) is 41.3 Å². The maximum Gasteiger partial charge on any atom is 0.282 e. The van der Waals surface area contributed by atoms with Gasteiger partial charge < -0.3 is 18.8 Å². The maximum atomic E-state index is 13.3. The van der Waals surface area contributed by atoms with Gasteiger partial charge in [-0.1, -0.05) is 12.1 Å². The first-order chi connectivity index (χ1) is 14.3. The minimum absolute atomic E-state index is 0.0435. The van der Waals surface area contributed by atoms with Crippen LogP contribution in [0, 0.1) is 10.1 Å². The summed E-state index contributed by atoms with van der Waals surface area (Å²) in [7, 11) is -0.941. The summed E-state index contributed by atoms with van der Waals surface area (Å²) in [5.41, 5.74) is -0.165. The molecular formula is C19H17N3O7S. The van der Waals surface area contributed by atoms with Gasteiger partial charge in [0.25, 0.3) is 5.69 Å². The number of para-hydroxylation sites is 1. The number of nitro benzene ring substituents is 1. The van der Waals surface area contributed by atoms with Crippen LogP contribution in [0.2, 0.25) is 0 Å². The summed E-state index contributed by atoms with van der Waals surface area (Å²) < 4.78 is 43.2. The molecule has 1 aromatic heterocycles. The lowest BCUT2D eigenvalue weighted by Crippen LogP contribution is -2.16. The molecule has 0 N–H and O–H groups in total. The van der Waals surface area contributed by atoms with Crippen molar-refractivity contribution in [1.29, 1.82) is 0 Å². The molecule has 11 heteroatoms. The summed E-state index contributed by atoms with van der Waals surface area (Å²) in [6.07, 6.45) is 0. The van der Waals surface area contributed by atoms with Gasteiger partial charge in [-0.15, -0.1) is 0 Å². The topological polar surface area (TPSA) is 125 Å². The van der Waals surface area contributed by atoms with Crippen molar-refractivity contribution in [3.05, 3.63) is 52.6 Å². The Labute approximate surface area is 171 Å². The van der Waals surface area contributed by atoms with E-state index in [0.717, 1.165) is 0 Å². The summed E-state index contributed by atoms with van der Waals surface area (Å²) in [5.74, 6) is 0.560. The molecule has 2 heterocycles. The van der Waals surface area contributed by atoms with Crippen molar-refractivity contribution in [1.82, 2.24) is 4.98 Å². The van der Waals surface area contributed by atoms with E-state index in [4.69, 9.17) is 13.9 Å². The molecule has 10 nitrogen and oxygen atoms in total. The highest BCUT2D eigenvalue weighted by molar-refractivity contribution is 7.91. The first-order valence-corrected chi connectivity index (χ1v) is 10.3. The van der Waals surface area contributed by atoms with Crippen LogP contribution >= 0.6 is 0 Å². The Hall–Kier alpha value is -3.60. The van der Waals surface area contributed by atoms with Crippen molar-refractivity contribution < 1.29 is 27.2 Å². The highest BCUT2D eigenvalue weighted by atomic mass is 32.2. The van der Waals surface area contributed by atoms with Crippen LogP contribution in [0.4, 0.5) is 11.6 Å². The van der Waals surface area contributed by atoms with Crippen molar-refractivity contribution in [2.75, 3.05) is 32.2 Å². The molecule has 0 saturated heterocycles. The average Bonchev–Trinajstić information content (AvgIpc) is 3.20. The summed E-state index contributed by atoms with van der Waals surface area (Å²) in [6.45, 7) is 0.692. The molecular weight excluding hydrogens is 414 g/mol. The number of benzene rings is 2. The van der Waals surface area contributed by atoms with Crippen LogP contribution in [0.3, 0.4) is 0 Å². The average molecular weight is 431 g/mol. The molecule has 4 rings (SSSR count). The number of aromatic nitrogens is 1. The zero-order chi connectivity index (χ0) is 21.5. The third-order valence-corrected chi connectivity index (χ3v) is 6.04. The molecule has 0 spiro atoms. The minimum atomic E-state index is -4.12. The Balaban J connectivity index is 1.86. The molecule has 0 unspecified atom stereocenters. The van der Waals surface area contributed by atoms with Crippen molar-refractivity contribution >= 4 is 21.4 Å². The first-order valence-electron chi connectivity index (χ1n) is 8.85. The van der Waals surface area contributed by atoms with E-state index < -0.39 is 14.8 Å². The predicted molar refractivity (Wildman–Crippen MR) is 106 cm³/mol. The summed E-state index contributed by atoms with van der Waals surface area (Å²) in [6, 6.07) is 10.1. The number of oxazole rings is 1. The summed E-state index contributed by atoms with van der Waals surface area (Å²) in [4.78, 5) is 16.3. The van der Waals surface area contributed by atoms with Gasteiger partial charge in [0, 0.05) is 26.2 Å².